The molecular weight excluding hydrogens is 236 g/mol. The highest BCUT2D eigenvalue weighted by Gasteiger charge is 2.40. The summed E-state index contributed by atoms with van der Waals surface area (Å²) < 4.78 is 0. The SMILES string of the molecule is CCC1NC(c2ccccc2)C(=O)N1CC1CCC1. The maximum Gasteiger partial charge on any atom is 0.245 e. The van der Waals surface area contributed by atoms with E-state index in [1.807, 2.05) is 30.3 Å². The van der Waals surface area contributed by atoms with Gasteiger partial charge in [-0.15, -0.1) is 0 Å². The van der Waals surface area contributed by atoms with Crippen LogP contribution in [0.3, 0.4) is 0 Å². The van der Waals surface area contributed by atoms with Gasteiger partial charge < -0.3 is 4.90 Å². The second-order valence-electron chi connectivity index (χ2n) is 5.72. The Kier molecular flexibility index (Phi) is 3.56. The second-order valence-corrected chi connectivity index (χ2v) is 5.72. The van der Waals surface area contributed by atoms with E-state index in [9.17, 15) is 4.79 Å². The van der Waals surface area contributed by atoms with Crippen molar-refractivity contribution in [2.75, 3.05) is 6.54 Å². The Labute approximate surface area is 115 Å². The van der Waals surface area contributed by atoms with Gasteiger partial charge in [0.2, 0.25) is 5.91 Å². The van der Waals surface area contributed by atoms with Crippen LogP contribution >= 0.6 is 0 Å². The molecule has 0 aromatic heterocycles. The molecule has 3 rings (SSSR count). The van der Waals surface area contributed by atoms with E-state index in [4.69, 9.17) is 0 Å². The van der Waals surface area contributed by atoms with E-state index in [2.05, 4.69) is 17.1 Å². The highest BCUT2D eigenvalue weighted by atomic mass is 16.2. The molecule has 2 unspecified atom stereocenters. The van der Waals surface area contributed by atoms with Crippen molar-refractivity contribution in [3.8, 4) is 0 Å². The second kappa shape index (κ2) is 5.33. The van der Waals surface area contributed by atoms with Gasteiger partial charge in [-0.1, -0.05) is 43.7 Å². The molecule has 2 aliphatic rings. The van der Waals surface area contributed by atoms with Crippen molar-refractivity contribution in [2.45, 2.75) is 44.8 Å². The van der Waals surface area contributed by atoms with Gasteiger partial charge >= 0.3 is 0 Å². The lowest BCUT2D eigenvalue weighted by Crippen LogP contribution is -2.41. The number of nitrogens with zero attached hydrogens (tertiary/aromatic N) is 1. The Bertz CT molecular complexity index is 441. The van der Waals surface area contributed by atoms with Gasteiger partial charge in [0.05, 0.1) is 6.17 Å². The predicted octanol–water partition coefficient (Wildman–Crippen LogP) is 2.70. The third-order valence-electron chi connectivity index (χ3n) is 4.46. The molecule has 1 aliphatic carbocycles. The maximum absolute atomic E-state index is 12.6. The van der Waals surface area contributed by atoms with Gasteiger partial charge in [0.25, 0.3) is 0 Å². The molecule has 102 valence electrons. The molecule has 19 heavy (non-hydrogen) atoms. The number of hydrogen-bond donors (Lipinski definition) is 1. The lowest BCUT2D eigenvalue weighted by atomic mass is 9.85. The Morgan fingerprint density at radius 3 is 2.58 bits per heavy atom. The van der Waals surface area contributed by atoms with Crippen molar-refractivity contribution in [3.05, 3.63) is 35.9 Å². The minimum Gasteiger partial charge on any atom is -0.325 e. The average Bonchev–Trinajstić information content (AvgIpc) is 2.71. The topological polar surface area (TPSA) is 32.3 Å². The fourth-order valence-electron chi connectivity index (χ4n) is 3.07. The number of rotatable bonds is 4. The van der Waals surface area contributed by atoms with E-state index in [0.29, 0.717) is 0 Å². The van der Waals surface area contributed by atoms with Crippen molar-refractivity contribution in [1.29, 1.82) is 0 Å². The fraction of sp³-hybridized carbons (Fsp3) is 0.562. The van der Waals surface area contributed by atoms with Crippen LogP contribution in [0.5, 0.6) is 0 Å². The first-order valence-corrected chi connectivity index (χ1v) is 7.41. The van der Waals surface area contributed by atoms with Crippen LogP contribution in [0.2, 0.25) is 0 Å². The molecule has 0 bridgehead atoms. The van der Waals surface area contributed by atoms with Crippen LogP contribution in [0.1, 0.15) is 44.2 Å². The zero-order valence-electron chi connectivity index (χ0n) is 11.5. The molecule has 2 fully saturated rings. The molecule has 1 N–H and O–H groups in total. The minimum absolute atomic E-state index is 0.147. The average molecular weight is 258 g/mol. The molecule has 1 aromatic rings. The Balaban J connectivity index is 1.76. The Morgan fingerprint density at radius 2 is 2.00 bits per heavy atom. The van der Waals surface area contributed by atoms with Gasteiger partial charge in [0, 0.05) is 6.54 Å². The monoisotopic (exact) mass is 258 g/mol. The molecule has 3 heteroatoms. The largest absolute Gasteiger partial charge is 0.325 e. The van der Waals surface area contributed by atoms with E-state index < -0.39 is 0 Å². The van der Waals surface area contributed by atoms with Crippen LogP contribution in [-0.4, -0.2) is 23.5 Å². The van der Waals surface area contributed by atoms with Crippen LogP contribution < -0.4 is 5.32 Å². The Morgan fingerprint density at radius 1 is 1.26 bits per heavy atom. The van der Waals surface area contributed by atoms with Crippen molar-refractivity contribution in [3.63, 3.8) is 0 Å². The van der Waals surface area contributed by atoms with Crippen LogP contribution in [0, 0.1) is 5.92 Å². The summed E-state index contributed by atoms with van der Waals surface area (Å²) in [6, 6.07) is 9.92. The molecule has 1 saturated heterocycles. The van der Waals surface area contributed by atoms with Crippen molar-refractivity contribution in [2.24, 2.45) is 5.92 Å². The molecule has 0 spiro atoms. The van der Waals surface area contributed by atoms with E-state index >= 15 is 0 Å². The van der Waals surface area contributed by atoms with E-state index in [-0.39, 0.29) is 18.1 Å². The summed E-state index contributed by atoms with van der Waals surface area (Å²) in [5, 5.41) is 3.49. The van der Waals surface area contributed by atoms with Crippen molar-refractivity contribution < 1.29 is 4.79 Å². The zero-order valence-corrected chi connectivity index (χ0v) is 11.5. The molecule has 1 saturated carbocycles. The molecule has 1 heterocycles. The van der Waals surface area contributed by atoms with Gasteiger partial charge in [0.1, 0.15) is 6.04 Å². The maximum atomic E-state index is 12.6. The highest BCUT2D eigenvalue weighted by Crippen LogP contribution is 2.32. The first-order chi connectivity index (χ1) is 9.29. The molecular formula is C16H22N2O. The molecule has 3 nitrogen and oxygen atoms in total. The van der Waals surface area contributed by atoms with Crippen LogP contribution in [0.15, 0.2) is 30.3 Å². The highest BCUT2D eigenvalue weighted by molar-refractivity contribution is 5.85. The first kappa shape index (κ1) is 12.7. The minimum atomic E-state index is -0.147. The van der Waals surface area contributed by atoms with Crippen LogP contribution in [0.25, 0.3) is 0 Å². The van der Waals surface area contributed by atoms with Crippen LogP contribution in [0.4, 0.5) is 0 Å². The molecule has 0 radical (unpaired) electrons. The zero-order chi connectivity index (χ0) is 13.2. The molecule has 1 amide bonds. The van der Waals surface area contributed by atoms with Crippen LogP contribution in [-0.2, 0) is 4.79 Å². The smallest absolute Gasteiger partial charge is 0.245 e. The number of amides is 1. The number of nitrogens with one attached hydrogen (secondary N) is 1. The summed E-state index contributed by atoms with van der Waals surface area (Å²) in [6.45, 7) is 3.08. The number of carbonyl (C=O) groups is 1. The summed E-state index contributed by atoms with van der Waals surface area (Å²) in [5.74, 6) is 0.985. The molecule has 2 atom stereocenters. The lowest BCUT2D eigenvalue weighted by Gasteiger charge is -2.32. The standard InChI is InChI=1S/C16H22N2O/c1-2-14-17-15(13-9-4-3-5-10-13)16(19)18(14)11-12-7-6-8-12/h3-5,9-10,12,14-15,17H,2,6-8,11H2,1H3. The van der Waals surface area contributed by atoms with E-state index in [1.165, 1.54) is 19.3 Å². The Hall–Kier alpha value is -1.35. The number of hydrogen-bond acceptors (Lipinski definition) is 2. The van der Waals surface area contributed by atoms with Gasteiger partial charge in [-0.05, 0) is 30.7 Å². The number of benzene rings is 1. The lowest BCUT2D eigenvalue weighted by molar-refractivity contribution is -0.131. The predicted molar refractivity (Wildman–Crippen MR) is 75.5 cm³/mol. The quantitative estimate of drug-likeness (QED) is 0.900. The molecule has 1 aromatic carbocycles. The van der Waals surface area contributed by atoms with Crippen molar-refractivity contribution >= 4 is 5.91 Å². The summed E-state index contributed by atoms with van der Waals surface area (Å²) in [6.07, 6.45) is 5.09. The number of carbonyl (C=O) groups excluding carboxylic acids is 1. The summed E-state index contributed by atoms with van der Waals surface area (Å²) in [5.41, 5.74) is 1.09. The van der Waals surface area contributed by atoms with Gasteiger partial charge in [0.15, 0.2) is 0 Å². The normalized spacial score (nSPS) is 27.6. The van der Waals surface area contributed by atoms with E-state index in [1.54, 1.807) is 0 Å². The van der Waals surface area contributed by atoms with E-state index in [0.717, 1.165) is 24.4 Å². The third kappa shape index (κ3) is 2.39. The summed E-state index contributed by atoms with van der Waals surface area (Å²) in [7, 11) is 0. The molecule has 1 aliphatic heterocycles. The van der Waals surface area contributed by atoms with Gasteiger partial charge in [-0.2, -0.15) is 0 Å². The summed E-state index contributed by atoms with van der Waals surface area (Å²) >= 11 is 0. The summed E-state index contributed by atoms with van der Waals surface area (Å²) in [4.78, 5) is 14.7. The third-order valence-corrected chi connectivity index (χ3v) is 4.46. The van der Waals surface area contributed by atoms with Gasteiger partial charge in [-0.25, -0.2) is 0 Å². The van der Waals surface area contributed by atoms with Crippen molar-refractivity contribution in [1.82, 2.24) is 10.2 Å². The fourth-order valence-corrected chi connectivity index (χ4v) is 3.07. The van der Waals surface area contributed by atoms with Gasteiger partial charge in [-0.3, -0.25) is 10.1 Å². The first-order valence-electron chi connectivity index (χ1n) is 7.41.